The molecule has 3 fully saturated rings. The van der Waals surface area contributed by atoms with Crippen molar-refractivity contribution in [3.05, 3.63) is 25.3 Å². The monoisotopic (exact) mass is 519 g/mol. The lowest BCUT2D eigenvalue weighted by molar-refractivity contribution is -0.145. The molecule has 36 heavy (non-hydrogen) atoms. The van der Waals surface area contributed by atoms with Crippen molar-refractivity contribution in [1.82, 2.24) is 14.7 Å². The lowest BCUT2D eigenvalue weighted by atomic mass is 9.66. The summed E-state index contributed by atoms with van der Waals surface area (Å²) in [5.74, 6) is -1.05. The number of nitrogens with zero attached hydrogens (tertiary/aromatic N) is 3. The van der Waals surface area contributed by atoms with Crippen molar-refractivity contribution in [2.45, 2.75) is 87.3 Å². The molecule has 6 atom stereocenters. The summed E-state index contributed by atoms with van der Waals surface area (Å²) in [6.45, 7) is 15.4. The molecular weight excluding hydrogens is 474 g/mol. The first-order chi connectivity index (χ1) is 17.1. The van der Waals surface area contributed by atoms with Crippen LogP contribution in [0.5, 0.6) is 0 Å². The van der Waals surface area contributed by atoms with E-state index in [-0.39, 0.29) is 35.1 Å². The van der Waals surface area contributed by atoms with Crippen LogP contribution in [0.2, 0.25) is 0 Å². The number of amides is 3. The summed E-state index contributed by atoms with van der Waals surface area (Å²) >= 11 is 1.72. The Kier molecular flexibility index (Phi) is 9.36. The first-order valence-electron chi connectivity index (χ1n) is 13.5. The summed E-state index contributed by atoms with van der Waals surface area (Å²) in [6, 6.07) is -0.546. The number of hydrogen-bond acceptors (Lipinski definition) is 5. The normalized spacial score (nSPS) is 31.3. The van der Waals surface area contributed by atoms with Gasteiger partial charge in [-0.1, -0.05) is 25.5 Å². The second-order valence-electron chi connectivity index (χ2n) is 11.0. The summed E-state index contributed by atoms with van der Waals surface area (Å²) in [6.07, 6.45) is 9.06. The van der Waals surface area contributed by atoms with E-state index in [1.54, 1.807) is 40.8 Å². The lowest BCUT2D eigenvalue weighted by Gasteiger charge is -2.39. The number of likely N-dealkylation sites (N-methyl/N-ethyl adjacent to an activating group) is 1. The Bertz CT molecular complexity index is 866. The van der Waals surface area contributed by atoms with E-state index >= 15 is 0 Å². The summed E-state index contributed by atoms with van der Waals surface area (Å²) < 4.78 is -0.965. The van der Waals surface area contributed by atoms with Gasteiger partial charge in [0.25, 0.3) is 0 Å². The Balaban J connectivity index is 2.04. The van der Waals surface area contributed by atoms with Gasteiger partial charge in [0.2, 0.25) is 17.7 Å². The van der Waals surface area contributed by atoms with E-state index in [0.717, 1.165) is 38.5 Å². The smallest absolute Gasteiger partial charge is 0.247 e. The second kappa shape index (κ2) is 11.7. The van der Waals surface area contributed by atoms with Gasteiger partial charge in [-0.2, -0.15) is 0 Å². The van der Waals surface area contributed by atoms with Crippen LogP contribution in [0.15, 0.2) is 25.3 Å². The Morgan fingerprint density at radius 3 is 2.50 bits per heavy atom. The number of rotatable bonds is 14. The average molecular weight is 520 g/mol. The van der Waals surface area contributed by atoms with Crippen LogP contribution in [0, 0.1) is 11.8 Å². The summed E-state index contributed by atoms with van der Waals surface area (Å²) in [4.78, 5) is 47.5. The van der Waals surface area contributed by atoms with Crippen LogP contribution in [0.1, 0.15) is 65.7 Å². The van der Waals surface area contributed by atoms with Crippen molar-refractivity contribution in [3.8, 4) is 0 Å². The molecular formula is C28H45N3O4S. The minimum Gasteiger partial charge on any atom is -0.396 e. The van der Waals surface area contributed by atoms with Gasteiger partial charge in [-0.3, -0.25) is 14.4 Å². The molecule has 202 valence electrons. The molecule has 3 heterocycles. The molecule has 1 spiro atoms. The molecule has 3 saturated heterocycles. The van der Waals surface area contributed by atoms with E-state index in [1.165, 1.54) is 0 Å². The van der Waals surface area contributed by atoms with Crippen molar-refractivity contribution >= 4 is 29.5 Å². The van der Waals surface area contributed by atoms with Crippen molar-refractivity contribution in [2.24, 2.45) is 11.8 Å². The molecule has 3 amide bonds. The fourth-order valence-electron chi connectivity index (χ4n) is 6.77. The molecule has 7 nitrogen and oxygen atoms in total. The standard InChI is InChI=1S/C28H45N3O4S/c1-7-13-20(4)30(17-9-3)26(35)23-28-15-14-27(5,36-28)21(24(33)29(6)16-8-2)22(28)25(34)31(23)18-11-10-12-19-32/h8-9,20-23,32H,2-3,7,10-19H2,1,4-6H3/t20?,21-,22-,23?,27+,28?/m0/s1. The summed E-state index contributed by atoms with van der Waals surface area (Å²) in [5.41, 5.74) is 0. The first-order valence-corrected chi connectivity index (χ1v) is 14.3. The van der Waals surface area contributed by atoms with E-state index in [9.17, 15) is 19.5 Å². The van der Waals surface area contributed by atoms with E-state index in [0.29, 0.717) is 26.1 Å². The molecule has 0 aromatic carbocycles. The van der Waals surface area contributed by atoms with Crippen LogP contribution in [-0.2, 0) is 14.4 Å². The number of hydrogen-bond donors (Lipinski definition) is 1. The predicted octanol–water partition coefficient (Wildman–Crippen LogP) is 3.48. The third-order valence-electron chi connectivity index (χ3n) is 8.46. The third-order valence-corrected chi connectivity index (χ3v) is 10.4. The maximum absolute atomic E-state index is 14.4. The summed E-state index contributed by atoms with van der Waals surface area (Å²) in [5, 5.41) is 9.23. The number of likely N-dealkylation sites (tertiary alicyclic amines) is 1. The Morgan fingerprint density at radius 2 is 1.89 bits per heavy atom. The third kappa shape index (κ3) is 4.87. The SMILES string of the molecule is C=CCN(C)C(=O)[C@@H]1[C@H]2C(=O)N(CCCCCO)C(C(=O)N(CC=C)C(C)CCC)C23CC[C@@]1(C)S3. The highest BCUT2D eigenvalue weighted by Gasteiger charge is 2.77. The summed E-state index contributed by atoms with van der Waals surface area (Å²) in [7, 11) is 1.77. The van der Waals surface area contributed by atoms with Crippen LogP contribution >= 0.6 is 11.8 Å². The number of carbonyl (C=O) groups is 3. The maximum atomic E-state index is 14.4. The molecule has 0 saturated carbocycles. The van der Waals surface area contributed by atoms with Crippen LogP contribution < -0.4 is 0 Å². The number of thioether (sulfide) groups is 1. The van der Waals surface area contributed by atoms with Gasteiger partial charge in [0.15, 0.2) is 0 Å². The van der Waals surface area contributed by atoms with Crippen LogP contribution in [-0.4, -0.2) is 92.4 Å². The minimum atomic E-state index is -0.597. The molecule has 0 radical (unpaired) electrons. The van der Waals surface area contributed by atoms with Gasteiger partial charge in [0, 0.05) is 44.1 Å². The zero-order chi connectivity index (χ0) is 26.7. The number of unbranched alkanes of at least 4 members (excludes halogenated alkanes) is 2. The van der Waals surface area contributed by atoms with Gasteiger partial charge in [0.1, 0.15) is 6.04 Å². The molecule has 0 aromatic rings. The van der Waals surface area contributed by atoms with Gasteiger partial charge < -0.3 is 19.8 Å². The van der Waals surface area contributed by atoms with E-state index < -0.39 is 22.6 Å². The highest BCUT2D eigenvalue weighted by Crippen LogP contribution is 2.71. The number of carbonyl (C=O) groups excluding carboxylic acids is 3. The molecule has 3 rings (SSSR count). The molecule has 0 aliphatic carbocycles. The molecule has 3 aliphatic rings. The largest absolute Gasteiger partial charge is 0.396 e. The molecule has 2 bridgehead atoms. The molecule has 8 heteroatoms. The Morgan fingerprint density at radius 1 is 1.19 bits per heavy atom. The van der Waals surface area contributed by atoms with Crippen LogP contribution in [0.4, 0.5) is 0 Å². The zero-order valence-corrected chi connectivity index (χ0v) is 23.4. The Hall–Kier alpha value is -1.80. The molecule has 0 aromatic heterocycles. The van der Waals surface area contributed by atoms with Gasteiger partial charge in [-0.15, -0.1) is 24.9 Å². The van der Waals surface area contributed by atoms with Crippen molar-refractivity contribution < 1.29 is 19.5 Å². The fraction of sp³-hybridized carbons (Fsp3) is 0.750. The predicted molar refractivity (Wildman–Crippen MR) is 145 cm³/mol. The number of fused-ring (bicyclic) bond motifs is 1. The van der Waals surface area contributed by atoms with Gasteiger partial charge in [0.05, 0.1) is 16.6 Å². The average Bonchev–Trinajstić information content (AvgIpc) is 3.40. The first kappa shape index (κ1) is 28.8. The topological polar surface area (TPSA) is 81.2 Å². The van der Waals surface area contributed by atoms with E-state index in [2.05, 4.69) is 33.9 Å². The number of aliphatic hydroxyl groups is 1. The van der Waals surface area contributed by atoms with Gasteiger partial charge in [-0.05, 0) is 52.4 Å². The van der Waals surface area contributed by atoms with E-state index in [1.807, 2.05) is 4.90 Å². The van der Waals surface area contributed by atoms with Crippen LogP contribution in [0.3, 0.4) is 0 Å². The molecule has 3 unspecified atom stereocenters. The highest BCUT2D eigenvalue weighted by molar-refractivity contribution is 8.02. The zero-order valence-electron chi connectivity index (χ0n) is 22.6. The minimum absolute atomic E-state index is 0.0156. The fourth-order valence-corrected chi connectivity index (χ4v) is 9.11. The maximum Gasteiger partial charge on any atom is 0.247 e. The van der Waals surface area contributed by atoms with Gasteiger partial charge >= 0.3 is 0 Å². The van der Waals surface area contributed by atoms with Gasteiger partial charge in [-0.25, -0.2) is 0 Å². The quantitative estimate of drug-likeness (QED) is 0.281. The van der Waals surface area contributed by atoms with Crippen molar-refractivity contribution in [1.29, 1.82) is 0 Å². The lowest BCUT2D eigenvalue weighted by Crippen LogP contribution is -2.56. The van der Waals surface area contributed by atoms with Crippen LogP contribution in [0.25, 0.3) is 0 Å². The van der Waals surface area contributed by atoms with Crippen molar-refractivity contribution in [2.75, 3.05) is 33.3 Å². The molecule has 1 N–H and O–H groups in total. The van der Waals surface area contributed by atoms with E-state index in [4.69, 9.17) is 0 Å². The highest BCUT2D eigenvalue weighted by atomic mass is 32.2. The number of aliphatic hydroxyl groups excluding tert-OH is 1. The molecule has 3 aliphatic heterocycles. The Labute approximate surface area is 221 Å². The van der Waals surface area contributed by atoms with Crippen molar-refractivity contribution in [3.63, 3.8) is 0 Å². The second-order valence-corrected chi connectivity index (χ2v) is 12.9.